The molecule has 2 aromatic rings. The number of benzene rings is 1. The van der Waals surface area contributed by atoms with Gasteiger partial charge in [-0.3, -0.25) is 9.89 Å². The summed E-state index contributed by atoms with van der Waals surface area (Å²) in [4.78, 5) is 12.2. The topological polar surface area (TPSA) is 83.8 Å². The lowest BCUT2D eigenvalue weighted by Gasteiger charge is -2.15. The first kappa shape index (κ1) is 15.7. The first-order valence-electron chi connectivity index (χ1n) is 6.52. The van der Waals surface area contributed by atoms with Gasteiger partial charge in [0.05, 0.1) is 17.4 Å². The molecular weight excluding hydrogens is 311 g/mol. The number of hydrogen-bond donors (Lipinski definition) is 3. The van der Waals surface area contributed by atoms with Crippen molar-refractivity contribution in [2.75, 3.05) is 5.73 Å². The number of nitrogens with one attached hydrogen (secondary N) is 2. The van der Waals surface area contributed by atoms with Crippen molar-refractivity contribution in [1.82, 2.24) is 15.5 Å². The van der Waals surface area contributed by atoms with Crippen molar-refractivity contribution in [3.63, 3.8) is 0 Å². The number of amides is 1. The van der Waals surface area contributed by atoms with Gasteiger partial charge in [0.2, 0.25) is 0 Å². The zero-order valence-electron chi connectivity index (χ0n) is 11.7. The number of anilines is 1. The third kappa shape index (κ3) is 3.31. The van der Waals surface area contributed by atoms with Crippen LogP contribution in [-0.4, -0.2) is 16.1 Å². The number of aromatic nitrogens is 2. The van der Waals surface area contributed by atoms with Gasteiger partial charge in [-0.15, -0.1) is 0 Å². The molecule has 0 saturated heterocycles. The number of nitrogens with zero attached hydrogens (tertiary/aromatic N) is 1. The molecular formula is C14H16Cl2N4O. The molecule has 7 heteroatoms. The van der Waals surface area contributed by atoms with Gasteiger partial charge in [0, 0.05) is 10.0 Å². The Balaban J connectivity index is 2.16. The highest BCUT2D eigenvalue weighted by Gasteiger charge is 2.19. The van der Waals surface area contributed by atoms with Gasteiger partial charge >= 0.3 is 0 Å². The maximum absolute atomic E-state index is 12.2. The van der Waals surface area contributed by atoms with Crippen molar-refractivity contribution in [3.8, 4) is 0 Å². The molecule has 0 bridgehead atoms. The predicted molar refractivity (Wildman–Crippen MR) is 84.7 cm³/mol. The summed E-state index contributed by atoms with van der Waals surface area (Å²) in [7, 11) is 0. The predicted octanol–water partition coefficient (Wildman–Crippen LogP) is 3.35. The fourth-order valence-electron chi connectivity index (χ4n) is 2.02. The summed E-state index contributed by atoms with van der Waals surface area (Å²) in [5.74, 6) is -0.345. The number of rotatable bonds is 4. The third-order valence-electron chi connectivity index (χ3n) is 3.23. The Morgan fingerprint density at radius 3 is 2.76 bits per heavy atom. The second-order valence-corrected chi connectivity index (χ2v) is 5.52. The molecule has 1 atom stereocenters. The number of carbonyl (C=O) groups is 1. The Hall–Kier alpha value is -1.72. The van der Waals surface area contributed by atoms with E-state index in [0.29, 0.717) is 22.2 Å². The van der Waals surface area contributed by atoms with Gasteiger partial charge in [-0.25, -0.2) is 0 Å². The standard InChI is InChI=1S/C14H16Cl2N4O/c1-3-11-12(17)13(20-19-11)14(21)18-7(2)9-5-4-8(15)6-10(9)16/h4-7H,3,17H2,1-2H3,(H,18,21)(H,19,20). The van der Waals surface area contributed by atoms with Crippen LogP contribution < -0.4 is 11.1 Å². The average Bonchev–Trinajstić information content (AvgIpc) is 2.79. The van der Waals surface area contributed by atoms with E-state index in [0.717, 1.165) is 11.3 Å². The minimum Gasteiger partial charge on any atom is -0.395 e. The van der Waals surface area contributed by atoms with Gasteiger partial charge in [-0.05, 0) is 31.0 Å². The Morgan fingerprint density at radius 2 is 2.19 bits per heavy atom. The van der Waals surface area contributed by atoms with Gasteiger partial charge in [0.15, 0.2) is 5.69 Å². The highest BCUT2D eigenvalue weighted by atomic mass is 35.5. The minimum atomic E-state index is -0.345. The molecule has 0 aliphatic carbocycles. The molecule has 0 fully saturated rings. The van der Waals surface area contributed by atoms with E-state index in [9.17, 15) is 4.79 Å². The summed E-state index contributed by atoms with van der Waals surface area (Å²) in [5, 5.41) is 10.6. The number of hydrogen-bond acceptors (Lipinski definition) is 3. The van der Waals surface area contributed by atoms with E-state index in [2.05, 4.69) is 15.5 Å². The molecule has 21 heavy (non-hydrogen) atoms. The summed E-state index contributed by atoms with van der Waals surface area (Å²) >= 11 is 12.0. The Bertz CT molecular complexity index is 669. The van der Waals surface area contributed by atoms with Gasteiger partial charge in [-0.1, -0.05) is 36.2 Å². The van der Waals surface area contributed by atoms with Crippen LogP contribution in [0.2, 0.25) is 10.0 Å². The van der Waals surface area contributed by atoms with Crippen molar-refractivity contribution in [2.45, 2.75) is 26.3 Å². The van der Waals surface area contributed by atoms with Crippen molar-refractivity contribution < 1.29 is 4.79 Å². The fraction of sp³-hybridized carbons (Fsp3) is 0.286. The zero-order valence-corrected chi connectivity index (χ0v) is 13.2. The van der Waals surface area contributed by atoms with Crippen LogP contribution in [0.4, 0.5) is 5.69 Å². The Labute approximate surface area is 132 Å². The second-order valence-electron chi connectivity index (χ2n) is 4.68. The van der Waals surface area contributed by atoms with Crippen LogP contribution >= 0.6 is 23.2 Å². The number of H-pyrrole nitrogens is 1. The normalized spacial score (nSPS) is 12.2. The largest absolute Gasteiger partial charge is 0.395 e. The van der Waals surface area contributed by atoms with E-state index in [1.165, 1.54) is 0 Å². The van der Waals surface area contributed by atoms with Crippen LogP contribution in [0.3, 0.4) is 0 Å². The molecule has 0 aliphatic rings. The number of halogens is 2. The third-order valence-corrected chi connectivity index (χ3v) is 3.79. The molecule has 5 nitrogen and oxygen atoms in total. The molecule has 0 spiro atoms. The molecule has 2 rings (SSSR count). The van der Waals surface area contributed by atoms with Gasteiger partial charge in [0.1, 0.15) is 0 Å². The molecule has 112 valence electrons. The summed E-state index contributed by atoms with van der Waals surface area (Å²) in [6.45, 7) is 3.76. The van der Waals surface area contributed by atoms with Crippen LogP contribution in [0.15, 0.2) is 18.2 Å². The highest BCUT2D eigenvalue weighted by Crippen LogP contribution is 2.26. The van der Waals surface area contributed by atoms with Gasteiger partial charge in [0.25, 0.3) is 5.91 Å². The second kappa shape index (κ2) is 6.37. The molecule has 4 N–H and O–H groups in total. The lowest BCUT2D eigenvalue weighted by atomic mass is 10.1. The Morgan fingerprint density at radius 1 is 1.48 bits per heavy atom. The first-order valence-corrected chi connectivity index (χ1v) is 7.28. The monoisotopic (exact) mass is 326 g/mol. The maximum Gasteiger partial charge on any atom is 0.274 e. The number of carbonyl (C=O) groups excluding carboxylic acids is 1. The lowest BCUT2D eigenvalue weighted by molar-refractivity contribution is 0.0935. The van der Waals surface area contributed by atoms with Gasteiger partial charge in [-0.2, -0.15) is 5.10 Å². The van der Waals surface area contributed by atoms with E-state index < -0.39 is 0 Å². The fourth-order valence-corrected chi connectivity index (χ4v) is 2.60. The molecule has 0 aliphatic heterocycles. The van der Waals surface area contributed by atoms with Crippen molar-refractivity contribution in [3.05, 3.63) is 45.2 Å². The quantitative estimate of drug-likeness (QED) is 0.805. The Kier molecular flexibility index (Phi) is 4.75. The molecule has 0 saturated carbocycles. The smallest absolute Gasteiger partial charge is 0.274 e. The maximum atomic E-state index is 12.2. The minimum absolute atomic E-state index is 0.198. The summed E-state index contributed by atoms with van der Waals surface area (Å²) in [5.41, 5.74) is 7.98. The summed E-state index contributed by atoms with van der Waals surface area (Å²) in [6.07, 6.45) is 0.685. The van der Waals surface area contributed by atoms with Crippen LogP contribution in [0.1, 0.15) is 41.6 Å². The number of nitrogens with two attached hydrogens (primary N) is 1. The van der Waals surface area contributed by atoms with Crippen LogP contribution in [-0.2, 0) is 6.42 Å². The van der Waals surface area contributed by atoms with E-state index >= 15 is 0 Å². The molecule has 1 amide bonds. The first-order chi connectivity index (χ1) is 9.93. The van der Waals surface area contributed by atoms with Gasteiger partial charge < -0.3 is 11.1 Å². The molecule has 1 aromatic heterocycles. The molecule has 1 aromatic carbocycles. The van der Waals surface area contributed by atoms with Crippen LogP contribution in [0.5, 0.6) is 0 Å². The molecule has 1 heterocycles. The lowest BCUT2D eigenvalue weighted by Crippen LogP contribution is -2.27. The highest BCUT2D eigenvalue weighted by molar-refractivity contribution is 6.35. The van der Waals surface area contributed by atoms with E-state index in [1.54, 1.807) is 18.2 Å². The van der Waals surface area contributed by atoms with E-state index in [4.69, 9.17) is 28.9 Å². The number of aromatic amines is 1. The molecule has 0 radical (unpaired) electrons. The molecule has 1 unspecified atom stereocenters. The summed E-state index contributed by atoms with van der Waals surface area (Å²) in [6, 6.07) is 4.85. The van der Waals surface area contributed by atoms with Crippen LogP contribution in [0, 0.1) is 0 Å². The number of aryl methyl sites for hydroxylation is 1. The van der Waals surface area contributed by atoms with E-state index in [1.807, 2.05) is 13.8 Å². The average molecular weight is 327 g/mol. The van der Waals surface area contributed by atoms with Crippen molar-refractivity contribution in [1.29, 1.82) is 0 Å². The SMILES string of the molecule is CCc1[nH]nc(C(=O)NC(C)c2ccc(Cl)cc2Cl)c1N. The van der Waals surface area contributed by atoms with Crippen LogP contribution in [0.25, 0.3) is 0 Å². The number of nitrogen functional groups attached to an aromatic ring is 1. The zero-order chi connectivity index (χ0) is 15.6. The van der Waals surface area contributed by atoms with Crippen molar-refractivity contribution in [2.24, 2.45) is 0 Å². The van der Waals surface area contributed by atoms with Crippen molar-refractivity contribution >= 4 is 34.8 Å². The van der Waals surface area contributed by atoms with E-state index in [-0.39, 0.29) is 17.6 Å². The summed E-state index contributed by atoms with van der Waals surface area (Å²) < 4.78 is 0.